The quantitative estimate of drug-likeness (QED) is 0.472. The first-order valence-corrected chi connectivity index (χ1v) is 5.31. The number of nitrogen functional groups attached to an aromatic ring is 1. The first-order valence-electron chi connectivity index (χ1n) is 5.31. The van der Waals surface area contributed by atoms with Gasteiger partial charge in [-0.2, -0.15) is 0 Å². The molecule has 2 aromatic carbocycles. The SMILES string of the molecule is CC(=O)c1ccccc1.NNc1ccccc1. The van der Waals surface area contributed by atoms with Crippen LogP contribution >= 0.6 is 0 Å². The van der Waals surface area contributed by atoms with Gasteiger partial charge in [0.05, 0.1) is 0 Å². The molecule has 3 heteroatoms. The molecule has 2 aromatic rings. The Kier molecular flexibility index (Phi) is 5.47. The van der Waals surface area contributed by atoms with Crippen molar-refractivity contribution in [3.63, 3.8) is 0 Å². The van der Waals surface area contributed by atoms with E-state index in [1.807, 2.05) is 60.7 Å². The van der Waals surface area contributed by atoms with Crippen LogP contribution in [0.2, 0.25) is 0 Å². The summed E-state index contributed by atoms with van der Waals surface area (Å²) in [5.74, 6) is 5.22. The van der Waals surface area contributed by atoms with Crippen LogP contribution in [-0.2, 0) is 0 Å². The van der Waals surface area contributed by atoms with Crippen molar-refractivity contribution in [3.05, 3.63) is 66.2 Å². The molecule has 88 valence electrons. The highest BCUT2D eigenvalue weighted by molar-refractivity contribution is 5.93. The fourth-order valence-electron chi connectivity index (χ4n) is 1.21. The summed E-state index contributed by atoms with van der Waals surface area (Å²) in [6, 6.07) is 18.8. The molecule has 17 heavy (non-hydrogen) atoms. The molecule has 0 radical (unpaired) electrons. The molecule has 0 spiro atoms. The third-order valence-electron chi connectivity index (χ3n) is 2.12. The number of rotatable bonds is 2. The second-order valence-corrected chi connectivity index (χ2v) is 3.43. The third-order valence-corrected chi connectivity index (χ3v) is 2.12. The van der Waals surface area contributed by atoms with Gasteiger partial charge in [-0.1, -0.05) is 48.5 Å². The zero-order chi connectivity index (χ0) is 12.5. The topological polar surface area (TPSA) is 55.1 Å². The van der Waals surface area contributed by atoms with Crippen molar-refractivity contribution < 1.29 is 4.79 Å². The van der Waals surface area contributed by atoms with Crippen LogP contribution in [0.4, 0.5) is 5.69 Å². The van der Waals surface area contributed by atoms with Crippen molar-refractivity contribution in [2.24, 2.45) is 5.84 Å². The van der Waals surface area contributed by atoms with E-state index in [4.69, 9.17) is 5.84 Å². The molecular weight excluding hydrogens is 212 g/mol. The van der Waals surface area contributed by atoms with Crippen LogP contribution in [0.15, 0.2) is 60.7 Å². The number of hydrogen-bond acceptors (Lipinski definition) is 3. The van der Waals surface area contributed by atoms with Gasteiger partial charge in [-0.05, 0) is 19.1 Å². The number of ketones is 1. The monoisotopic (exact) mass is 228 g/mol. The molecule has 0 saturated carbocycles. The van der Waals surface area contributed by atoms with E-state index in [1.165, 1.54) is 0 Å². The highest BCUT2D eigenvalue weighted by Gasteiger charge is 1.92. The summed E-state index contributed by atoms with van der Waals surface area (Å²) in [7, 11) is 0. The number of nitrogens with one attached hydrogen (secondary N) is 1. The predicted octanol–water partition coefficient (Wildman–Crippen LogP) is 2.86. The molecule has 0 aliphatic carbocycles. The summed E-state index contributed by atoms with van der Waals surface area (Å²) in [4.78, 5) is 10.6. The normalized spacial score (nSPS) is 8.82. The van der Waals surface area contributed by atoms with E-state index in [1.54, 1.807) is 6.92 Å². The lowest BCUT2D eigenvalue weighted by Gasteiger charge is -1.94. The highest BCUT2D eigenvalue weighted by Crippen LogP contribution is 2.00. The second-order valence-electron chi connectivity index (χ2n) is 3.43. The van der Waals surface area contributed by atoms with Gasteiger partial charge >= 0.3 is 0 Å². The lowest BCUT2D eigenvalue weighted by Crippen LogP contribution is -2.05. The van der Waals surface area contributed by atoms with Crippen molar-refractivity contribution in [2.75, 3.05) is 5.43 Å². The van der Waals surface area contributed by atoms with Crippen LogP contribution in [0, 0.1) is 0 Å². The van der Waals surface area contributed by atoms with Crippen LogP contribution in [-0.4, -0.2) is 5.78 Å². The Labute approximate surface area is 101 Å². The molecular formula is C14H16N2O. The number of carbonyl (C=O) groups is 1. The molecule has 0 bridgehead atoms. The Bertz CT molecular complexity index is 440. The molecule has 3 N–H and O–H groups in total. The van der Waals surface area contributed by atoms with Crippen LogP contribution in [0.5, 0.6) is 0 Å². The Morgan fingerprint density at radius 1 is 0.941 bits per heavy atom. The van der Waals surface area contributed by atoms with Gasteiger partial charge in [-0.3, -0.25) is 10.6 Å². The van der Waals surface area contributed by atoms with Crippen LogP contribution in [0.1, 0.15) is 17.3 Å². The second kappa shape index (κ2) is 7.19. The lowest BCUT2D eigenvalue weighted by molar-refractivity contribution is 0.101. The van der Waals surface area contributed by atoms with Gasteiger partial charge in [-0.25, -0.2) is 0 Å². The zero-order valence-corrected chi connectivity index (χ0v) is 9.76. The summed E-state index contributed by atoms with van der Waals surface area (Å²) in [6.45, 7) is 1.56. The number of anilines is 1. The summed E-state index contributed by atoms with van der Waals surface area (Å²) in [5.41, 5.74) is 4.24. The van der Waals surface area contributed by atoms with Gasteiger partial charge in [0, 0.05) is 11.3 Å². The van der Waals surface area contributed by atoms with E-state index < -0.39 is 0 Å². The number of nitrogens with two attached hydrogens (primary N) is 1. The molecule has 0 amide bonds. The molecule has 0 aliphatic rings. The molecule has 0 aromatic heterocycles. The minimum atomic E-state index is 0.121. The van der Waals surface area contributed by atoms with Crippen LogP contribution < -0.4 is 11.3 Å². The van der Waals surface area contributed by atoms with Gasteiger partial charge in [0.1, 0.15) is 0 Å². The van der Waals surface area contributed by atoms with Crippen molar-refractivity contribution >= 4 is 11.5 Å². The predicted molar refractivity (Wildman–Crippen MR) is 70.7 cm³/mol. The molecule has 3 nitrogen and oxygen atoms in total. The number of para-hydroxylation sites is 1. The first kappa shape index (κ1) is 12.9. The smallest absolute Gasteiger partial charge is 0.159 e. The lowest BCUT2D eigenvalue weighted by atomic mass is 10.2. The van der Waals surface area contributed by atoms with Crippen LogP contribution in [0.25, 0.3) is 0 Å². The maximum atomic E-state index is 10.6. The minimum absolute atomic E-state index is 0.121. The van der Waals surface area contributed by atoms with Gasteiger partial charge in [-0.15, -0.1) is 0 Å². The van der Waals surface area contributed by atoms with Gasteiger partial charge in [0.2, 0.25) is 0 Å². The summed E-state index contributed by atoms with van der Waals surface area (Å²) >= 11 is 0. The molecule has 0 aliphatic heterocycles. The van der Waals surface area contributed by atoms with E-state index in [0.717, 1.165) is 11.3 Å². The minimum Gasteiger partial charge on any atom is -0.324 e. The largest absolute Gasteiger partial charge is 0.324 e. The molecule has 0 atom stereocenters. The first-order chi connectivity index (χ1) is 8.24. The molecule has 0 heterocycles. The van der Waals surface area contributed by atoms with E-state index in [0.29, 0.717) is 0 Å². The fraction of sp³-hybridized carbons (Fsp3) is 0.0714. The molecule has 0 saturated heterocycles. The summed E-state index contributed by atoms with van der Waals surface area (Å²) < 4.78 is 0. The molecule has 2 rings (SSSR count). The van der Waals surface area contributed by atoms with Crippen molar-refractivity contribution in [3.8, 4) is 0 Å². The van der Waals surface area contributed by atoms with Gasteiger partial charge in [0.25, 0.3) is 0 Å². The van der Waals surface area contributed by atoms with E-state index >= 15 is 0 Å². The maximum Gasteiger partial charge on any atom is 0.159 e. The van der Waals surface area contributed by atoms with E-state index in [9.17, 15) is 4.79 Å². The third kappa shape index (κ3) is 4.95. The Morgan fingerprint density at radius 2 is 1.41 bits per heavy atom. The fourth-order valence-corrected chi connectivity index (χ4v) is 1.21. The van der Waals surface area contributed by atoms with Crippen molar-refractivity contribution in [1.82, 2.24) is 0 Å². The molecule has 0 fully saturated rings. The van der Waals surface area contributed by atoms with Crippen LogP contribution in [0.3, 0.4) is 0 Å². The van der Waals surface area contributed by atoms with Gasteiger partial charge in [0.15, 0.2) is 5.78 Å². The molecule has 0 unspecified atom stereocenters. The van der Waals surface area contributed by atoms with E-state index in [2.05, 4.69) is 5.43 Å². The van der Waals surface area contributed by atoms with Crippen molar-refractivity contribution in [1.29, 1.82) is 0 Å². The standard InChI is InChI=1S/C8H8O.C6H8N2/c1-7(9)8-5-3-2-4-6-8;7-8-6-4-2-1-3-5-6/h2-6H,1H3;1-5,8H,7H2. The number of carbonyl (C=O) groups excluding carboxylic acids is 1. The summed E-state index contributed by atoms with van der Waals surface area (Å²) in [6.07, 6.45) is 0. The maximum absolute atomic E-state index is 10.6. The zero-order valence-electron chi connectivity index (χ0n) is 9.76. The average Bonchev–Trinajstić information content (AvgIpc) is 2.41. The summed E-state index contributed by atoms with van der Waals surface area (Å²) in [5, 5.41) is 0. The highest BCUT2D eigenvalue weighted by atomic mass is 16.1. The Morgan fingerprint density at radius 3 is 1.71 bits per heavy atom. The number of Topliss-reactive ketones (excluding diaryl/α,β-unsaturated/α-hetero) is 1. The number of hydrogen-bond donors (Lipinski definition) is 2. The number of benzene rings is 2. The van der Waals surface area contributed by atoms with Crippen molar-refractivity contribution in [2.45, 2.75) is 6.92 Å². The Balaban J connectivity index is 0.000000171. The number of hydrazine groups is 1. The average molecular weight is 228 g/mol. The van der Waals surface area contributed by atoms with E-state index in [-0.39, 0.29) is 5.78 Å². The van der Waals surface area contributed by atoms with Gasteiger partial charge < -0.3 is 5.43 Å². The Hall–Kier alpha value is -2.13.